The second kappa shape index (κ2) is 8.80. The number of nitrogens with one attached hydrogen (secondary N) is 1. The summed E-state index contributed by atoms with van der Waals surface area (Å²) in [5, 5.41) is 1.99. The van der Waals surface area contributed by atoms with Crippen LogP contribution in [0.3, 0.4) is 0 Å². The molecule has 1 aliphatic rings. The van der Waals surface area contributed by atoms with Gasteiger partial charge < -0.3 is 9.72 Å². The van der Waals surface area contributed by atoms with Crippen molar-refractivity contribution >= 4 is 44.2 Å². The number of rotatable bonds is 6. The van der Waals surface area contributed by atoms with Gasteiger partial charge in [0.2, 0.25) is 0 Å². The van der Waals surface area contributed by atoms with Crippen molar-refractivity contribution in [2.45, 2.75) is 50.1 Å². The predicted molar refractivity (Wildman–Crippen MR) is 129 cm³/mol. The highest BCUT2D eigenvalue weighted by Crippen LogP contribution is 2.35. The number of methoxy groups -OCH3 is 1. The van der Waals surface area contributed by atoms with Crippen LogP contribution in [0, 0.1) is 6.92 Å². The minimum absolute atomic E-state index is 0.00441. The molecule has 3 heterocycles. The van der Waals surface area contributed by atoms with E-state index in [0.717, 1.165) is 35.0 Å². The molecule has 0 spiro atoms. The molecule has 0 unspecified atom stereocenters. The van der Waals surface area contributed by atoms with E-state index in [9.17, 15) is 9.59 Å². The van der Waals surface area contributed by atoms with Gasteiger partial charge in [-0.05, 0) is 49.8 Å². The van der Waals surface area contributed by atoms with E-state index in [4.69, 9.17) is 9.72 Å². The van der Waals surface area contributed by atoms with Gasteiger partial charge >= 0.3 is 0 Å². The second-order valence-corrected chi connectivity index (χ2v) is 10.0. The van der Waals surface area contributed by atoms with Gasteiger partial charge in [0, 0.05) is 12.0 Å². The van der Waals surface area contributed by atoms with Crippen molar-refractivity contribution in [3.05, 3.63) is 60.7 Å². The maximum atomic E-state index is 13.5. The third-order valence-electron chi connectivity index (χ3n) is 5.88. The van der Waals surface area contributed by atoms with E-state index in [-0.39, 0.29) is 11.1 Å². The predicted octanol–water partition coefficient (Wildman–Crippen LogP) is 3.82. The molecular weight excluding hydrogens is 444 g/mol. The zero-order valence-electron chi connectivity index (χ0n) is 18.1. The number of aromatic nitrogens is 4. The number of fused-ring (bicyclic) bond motifs is 4. The van der Waals surface area contributed by atoms with Gasteiger partial charge in [-0.25, -0.2) is 9.97 Å². The SMILES string of the molecule is COCCn1c(SCc2nc3c(C)cccc3c(=O)[nH]2)nc2sc3c(c2c1=O)CCCC3. The summed E-state index contributed by atoms with van der Waals surface area (Å²) in [6.07, 6.45) is 4.26. The number of thioether (sulfide) groups is 1. The highest BCUT2D eigenvalue weighted by molar-refractivity contribution is 7.98. The molecule has 7 nitrogen and oxygen atoms in total. The molecule has 166 valence electrons. The molecule has 1 aromatic carbocycles. The molecule has 3 aromatic heterocycles. The van der Waals surface area contributed by atoms with Crippen LogP contribution in [0.1, 0.15) is 34.7 Å². The Morgan fingerprint density at radius 1 is 1.22 bits per heavy atom. The first kappa shape index (κ1) is 21.4. The van der Waals surface area contributed by atoms with Gasteiger partial charge in [0.1, 0.15) is 10.7 Å². The average Bonchev–Trinajstić information content (AvgIpc) is 3.16. The Morgan fingerprint density at radius 3 is 2.91 bits per heavy atom. The van der Waals surface area contributed by atoms with Gasteiger partial charge in [0.05, 0.1) is 35.2 Å². The Labute approximate surface area is 192 Å². The summed E-state index contributed by atoms with van der Waals surface area (Å²) in [6, 6.07) is 5.58. The van der Waals surface area contributed by atoms with Gasteiger partial charge in [-0.2, -0.15) is 0 Å². The van der Waals surface area contributed by atoms with Crippen LogP contribution < -0.4 is 11.1 Å². The van der Waals surface area contributed by atoms with Gasteiger partial charge in [0.25, 0.3) is 11.1 Å². The van der Waals surface area contributed by atoms with Crippen LogP contribution in [0.5, 0.6) is 0 Å². The Bertz CT molecular complexity index is 1440. The Morgan fingerprint density at radius 2 is 2.06 bits per heavy atom. The van der Waals surface area contributed by atoms with Gasteiger partial charge in [-0.1, -0.05) is 23.9 Å². The van der Waals surface area contributed by atoms with Crippen LogP contribution in [-0.2, 0) is 29.9 Å². The molecule has 0 fully saturated rings. The van der Waals surface area contributed by atoms with Crippen molar-refractivity contribution < 1.29 is 4.74 Å². The van der Waals surface area contributed by atoms with Crippen molar-refractivity contribution in [2.24, 2.45) is 0 Å². The normalized spacial score (nSPS) is 13.7. The number of hydrogen-bond donors (Lipinski definition) is 1. The van der Waals surface area contributed by atoms with Crippen molar-refractivity contribution in [2.75, 3.05) is 13.7 Å². The maximum absolute atomic E-state index is 13.5. The van der Waals surface area contributed by atoms with Crippen LogP contribution in [-0.4, -0.2) is 33.2 Å². The maximum Gasteiger partial charge on any atom is 0.263 e. The van der Waals surface area contributed by atoms with Crippen LogP contribution in [0.25, 0.3) is 21.1 Å². The first-order chi connectivity index (χ1) is 15.6. The third kappa shape index (κ3) is 3.78. The molecule has 0 saturated carbocycles. The number of aromatic amines is 1. The summed E-state index contributed by atoms with van der Waals surface area (Å²) in [4.78, 5) is 40.5. The molecule has 0 amide bonds. The van der Waals surface area contributed by atoms with E-state index in [1.54, 1.807) is 29.1 Å². The fourth-order valence-electron chi connectivity index (χ4n) is 4.26. The second-order valence-electron chi connectivity index (χ2n) is 8.01. The summed E-state index contributed by atoms with van der Waals surface area (Å²) in [6.45, 7) is 2.81. The van der Waals surface area contributed by atoms with Gasteiger partial charge in [-0.15, -0.1) is 11.3 Å². The molecular formula is C23H24N4O3S2. The highest BCUT2D eigenvalue weighted by atomic mass is 32.2. The number of benzene rings is 1. The zero-order chi connectivity index (χ0) is 22.2. The lowest BCUT2D eigenvalue weighted by Gasteiger charge is -2.13. The molecule has 32 heavy (non-hydrogen) atoms. The van der Waals surface area contributed by atoms with E-state index in [2.05, 4.69) is 9.97 Å². The number of H-pyrrole nitrogens is 1. The van der Waals surface area contributed by atoms with Gasteiger partial charge in [-0.3, -0.25) is 14.2 Å². The van der Waals surface area contributed by atoms with Crippen molar-refractivity contribution in [1.82, 2.24) is 19.5 Å². The number of para-hydroxylation sites is 1. The lowest BCUT2D eigenvalue weighted by molar-refractivity contribution is 0.183. The molecule has 0 atom stereocenters. The zero-order valence-corrected chi connectivity index (χ0v) is 19.7. The minimum Gasteiger partial charge on any atom is -0.383 e. The van der Waals surface area contributed by atoms with Crippen LogP contribution in [0.2, 0.25) is 0 Å². The fourth-order valence-corrected chi connectivity index (χ4v) is 6.46. The number of aryl methyl sites for hydroxylation is 3. The summed E-state index contributed by atoms with van der Waals surface area (Å²) in [5.74, 6) is 0.982. The van der Waals surface area contributed by atoms with Crippen molar-refractivity contribution in [3.63, 3.8) is 0 Å². The molecule has 0 saturated heterocycles. The largest absolute Gasteiger partial charge is 0.383 e. The Balaban J connectivity index is 1.55. The monoisotopic (exact) mass is 468 g/mol. The van der Waals surface area contributed by atoms with E-state index in [1.165, 1.54) is 28.6 Å². The first-order valence-corrected chi connectivity index (χ1v) is 12.5. The average molecular weight is 469 g/mol. The van der Waals surface area contributed by atoms with E-state index in [1.807, 2.05) is 19.1 Å². The van der Waals surface area contributed by atoms with Crippen molar-refractivity contribution in [3.8, 4) is 0 Å². The van der Waals surface area contributed by atoms with E-state index >= 15 is 0 Å². The van der Waals surface area contributed by atoms with E-state index in [0.29, 0.717) is 40.8 Å². The molecule has 9 heteroatoms. The third-order valence-corrected chi connectivity index (χ3v) is 8.06. The minimum atomic E-state index is -0.152. The molecule has 0 aliphatic heterocycles. The molecule has 0 radical (unpaired) electrons. The molecule has 5 rings (SSSR count). The number of ether oxygens (including phenoxy) is 1. The number of nitrogens with zero attached hydrogens (tertiary/aromatic N) is 3. The summed E-state index contributed by atoms with van der Waals surface area (Å²) in [7, 11) is 1.63. The highest BCUT2D eigenvalue weighted by Gasteiger charge is 2.22. The van der Waals surface area contributed by atoms with Crippen LogP contribution in [0.15, 0.2) is 32.9 Å². The Hall–Kier alpha value is -2.49. The standard InChI is InChI=1S/C23H24N4O3S2/c1-13-6-5-8-15-19(13)24-17(25-20(15)28)12-31-23-26-21-18(22(29)27(23)10-11-30-2)14-7-3-4-9-16(14)32-21/h5-6,8H,3-4,7,9-12H2,1-2H3,(H,24,25,28). The van der Waals surface area contributed by atoms with Crippen LogP contribution in [0.4, 0.5) is 0 Å². The summed E-state index contributed by atoms with van der Waals surface area (Å²) >= 11 is 3.07. The summed E-state index contributed by atoms with van der Waals surface area (Å²) in [5.41, 5.74) is 2.70. The molecule has 0 bridgehead atoms. The Kier molecular flexibility index (Phi) is 5.88. The van der Waals surface area contributed by atoms with Crippen molar-refractivity contribution in [1.29, 1.82) is 0 Å². The fraction of sp³-hybridized carbons (Fsp3) is 0.391. The quantitative estimate of drug-likeness (QED) is 0.342. The topological polar surface area (TPSA) is 89.9 Å². The summed E-state index contributed by atoms with van der Waals surface area (Å²) < 4.78 is 6.96. The smallest absolute Gasteiger partial charge is 0.263 e. The van der Waals surface area contributed by atoms with E-state index < -0.39 is 0 Å². The molecule has 4 aromatic rings. The molecule has 1 N–H and O–H groups in total. The number of thiophene rings is 1. The lowest BCUT2D eigenvalue weighted by atomic mass is 9.97. The van der Waals surface area contributed by atoms with Gasteiger partial charge in [0.15, 0.2) is 5.16 Å². The lowest BCUT2D eigenvalue weighted by Crippen LogP contribution is -2.25. The first-order valence-electron chi connectivity index (χ1n) is 10.7. The molecule has 1 aliphatic carbocycles. The number of hydrogen-bond acceptors (Lipinski definition) is 7. The van der Waals surface area contributed by atoms with Crippen LogP contribution >= 0.6 is 23.1 Å².